The standard InChI is InChI=1S/C11H18N2O2S/c1-7-8(9(14)15)16-10(12-7)13(5)6-11(2,3)4/h6H2,1-5H3,(H,14,15). The summed E-state index contributed by atoms with van der Waals surface area (Å²) in [6, 6.07) is 0. The molecule has 5 heteroatoms. The largest absolute Gasteiger partial charge is 0.477 e. The van der Waals surface area contributed by atoms with Crippen molar-refractivity contribution < 1.29 is 9.90 Å². The van der Waals surface area contributed by atoms with Crippen LogP contribution >= 0.6 is 11.3 Å². The van der Waals surface area contributed by atoms with E-state index in [1.165, 1.54) is 11.3 Å². The molecule has 1 heterocycles. The predicted molar refractivity (Wildman–Crippen MR) is 66.5 cm³/mol. The van der Waals surface area contributed by atoms with Crippen LogP contribution in [0.4, 0.5) is 5.13 Å². The third-order valence-electron chi connectivity index (χ3n) is 2.02. The lowest BCUT2D eigenvalue weighted by Crippen LogP contribution is -2.28. The molecule has 1 aromatic heterocycles. The number of thiazole rings is 1. The second-order valence-corrected chi connectivity index (χ2v) is 6.11. The van der Waals surface area contributed by atoms with E-state index in [9.17, 15) is 4.79 Å². The summed E-state index contributed by atoms with van der Waals surface area (Å²) in [5.41, 5.74) is 0.755. The van der Waals surface area contributed by atoms with Crippen LogP contribution in [-0.4, -0.2) is 29.7 Å². The van der Waals surface area contributed by atoms with Crippen LogP contribution in [0.1, 0.15) is 36.1 Å². The molecule has 0 aromatic carbocycles. The molecule has 1 aromatic rings. The first-order chi connectivity index (χ1) is 7.20. The lowest BCUT2D eigenvalue weighted by molar-refractivity contribution is 0.0701. The van der Waals surface area contributed by atoms with E-state index in [4.69, 9.17) is 5.11 Å². The van der Waals surface area contributed by atoms with E-state index in [0.29, 0.717) is 10.6 Å². The summed E-state index contributed by atoms with van der Waals surface area (Å²) >= 11 is 1.23. The van der Waals surface area contributed by atoms with Crippen molar-refractivity contribution in [3.05, 3.63) is 10.6 Å². The second-order valence-electron chi connectivity index (χ2n) is 5.13. The minimum atomic E-state index is -0.898. The Bertz CT molecular complexity index is 393. The molecular weight excluding hydrogens is 224 g/mol. The topological polar surface area (TPSA) is 53.4 Å². The number of carbonyl (C=O) groups is 1. The Balaban J connectivity index is 2.89. The van der Waals surface area contributed by atoms with Gasteiger partial charge >= 0.3 is 5.97 Å². The maximum Gasteiger partial charge on any atom is 0.347 e. The second kappa shape index (κ2) is 4.41. The van der Waals surface area contributed by atoms with Gasteiger partial charge in [0.05, 0.1) is 5.69 Å². The van der Waals surface area contributed by atoms with Gasteiger partial charge in [-0.2, -0.15) is 0 Å². The van der Waals surface area contributed by atoms with Crippen LogP contribution in [0, 0.1) is 12.3 Å². The molecule has 0 aliphatic heterocycles. The lowest BCUT2D eigenvalue weighted by Gasteiger charge is -2.25. The molecule has 0 amide bonds. The molecule has 4 nitrogen and oxygen atoms in total. The van der Waals surface area contributed by atoms with Crippen molar-refractivity contribution in [2.75, 3.05) is 18.5 Å². The molecule has 0 radical (unpaired) electrons. The zero-order valence-corrected chi connectivity index (χ0v) is 11.2. The van der Waals surface area contributed by atoms with Crippen LogP contribution < -0.4 is 4.90 Å². The van der Waals surface area contributed by atoms with Gasteiger partial charge in [0.25, 0.3) is 0 Å². The van der Waals surface area contributed by atoms with E-state index < -0.39 is 5.97 Å². The number of hydrogen-bond acceptors (Lipinski definition) is 4. The molecule has 0 bridgehead atoms. The van der Waals surface area contributed by atoms with Crippen molar-refractivity contribution in [1.29, 1.82) is 0 Å². The molecule has 0 atom stereocenters. The van der Waals surface area contributed by atoms with Gasteiger partial charge < -0.3 is 10.0 Å². The average molecular weight is 242 g/mol. The SMILES string of the molecule is Cc1nc(N(C)CC(C)(C)C)sc1C(=O)O. The fraction of sp³-hybridized carbons (Fsp3) is 0.636. The van der Waals surface area contributed by atoms with Crippen LogP contribution in [-0.2, 0) is 0 Å². The zero-order chi connectivity index (χ0) is 12.5. The summed E-state index contributed by atoms with van der Waals surface area (Å²) in [5, 5.41) is 9.71. The molecule has 0 saturated carbocycles. The summed E-state index contributed by atoms with van der Waals surface area (Å²) in [6.45, 7) is 9.00. The first-order valence-corrected chi connectivity index (χ1v) is 5.94. The summed E-state index contributed by atoms with van der Waals surface area (Å²) < 4.78 is 0. The third kappa shape index (κ3) is 3.20. The van der Waals surface area contributed by atoms with Crippen LogP contribution in [0.5, 0.6) is 0 Å². The van der Waals surface area contributed by atoms with Crippen LogP contribution in [0.25, 0.3) is 0 Å². The Labute approximate surface area is 99.9 Å². The number of aromatic nitrogens is 1. The number of rotatable bonds is 3. The van der Waals surface area contributed by atoms with E-state index in [0.717, 1.165) is 11.7 Å². The highest BCUT2D eigenvalue weighted by atomic mass is 32.1. The minimum absolute atomic E-state index is 0.164. The van der Waals surface area contributed by atoms with Crippen LogP contribution in [0.3, 0.4) is 0 Å². The Morgan fingerprint density at radius 3 is 2.44 bits per heavy atom. The van der Waals surface area contributed by atoms with Crippen molar-refractivity contribution >= 4 is 22.4 Å². The highest BCUT2D eigenvalue weighted by Crippen LogP contribution is 2.27. The zero-order valence-electron chi connectivity index (χ0n) is 10.4. The maximum absolute atomic E-state index is 10.9. The molecule has 0 spiro atoms. The van der Waals surface area contributed by atoms with Gasteiger partial charge in [0.1, 0.15) is 4.88 Å². The number of carboxylic acid groups (broad SMARTS) is 1. The summed E-state index contributed by atoms with van der Waals surface area (Å²) in [6.07, 6.45) is 0. The fourth-order valence-corrected chi connectivity index (χ4v) is 2.39. The van der Waals surface area contributed by atoms with Gasteiger partial charge in [0.2, 0.25) is 0 Å². The average Bonchev–Trinajstić information content (AvgIpc) is 2.44. The Kier molecular flexibility index (Phi) is 3.57. The van der Waals surface area contributed by atoms with Gasteiger partial charge in [-0.05, 0) is 12.3 Å². The smallest absolute Gasteiger partial charge is 0.347 e. The number of aryl methyl sites for hydroxylation is 1. The van der Waals surface area contributed by atoms with Crippen LogP contribution in [0.15, 0.2) is 0 Å². The van der Waals surface area contributed by atoms with E-state index in [1.54, 1.807) is 6.92 Å². The highest BCUT2D eigenvalue weighted by molar-refractivity contribution is 7.17. The van der Waals surface area contributed by atoms with Gasteiger partial charge in [-0.3, -0.25) is 0 Å². The number of anilines is 1. The van der Waals surface area contributed by atoms with Gasteiger partial charge in [-0.25, -0.2) is 9.78 Å². The number of hydrogen-bond donors (Lipinski definition) is 1. The predicted octanol–water partition coefficient (Wildman–Crippen LogP) is 2.63. The van der Waals surface area contributed by atoms with Crippen molar-refractivity contribution in [3.8, 4) is 0 Å². The molecule has 1 rings (SSSR count). The first kappa shape index (κ1) is 13.0. The summed E-state index contributed by atoms with van der Waals surface area (Å²) in [4.78, 5) is 17.5. The van der Waals surface area contributed by atoms with Gasteiger partial charge in [0, 0.05) is 13.6 Å². The molecule has 16 heavy (non-hydrogen) atoms. The fourth-order valence-electron chi connectivity index (χ4n) is 1.52. The minimum Gasteiger partial charge on any atom is -0.477 e. The lowest BCUT2D eigenvalue weighted by atomic mass is 9.96. The van der Waals surface area contributed by atoms with Gasteiger partial charge in [-0.1, -0.05) is 32.1 Å². The quantitative estimate of drug-likeness (QED) is 0.885. The number of aromatic carboxylic acids is 1. The summed E-state index contributed by atoms with van der Waals surface area (Å²) in [5.74, 6) is -0.898. The van der Waals surface area contributed by atoms with Gasteiger partial charge in [-0.15, -0.1) is 0 Å². The van der Waals surface area contributed by atoms with E-state index in [-0.39, 0.29) is 5.41 Å². The number of carboxylic acids is 1. The Hall–Kier alpha value is -1.10. The summed E-state index contributed by atoms with van der Waals surface area (Å²) in [7, 11) is 1.94. The normalized spacial score (nSPS) is 11.6. The van der Waals surface area contributed by atoms with Crippen molar-refractivity contribution in [2.24, 2.45) is 5.41 Å². The Morgan fingerprint density at radius 1 is 1.50 bits per heavy atom. The molecule has 0 aliphatic carbocycles. The van der Waals surface area contributed by atoms with Crippen LogP contribution in [0.2, 0.25) is 0 Å². The molecule has 90 valence electrons. The molecule has 0 fully saturated rings. The number of nitrogens with zero attached hydrogens (tertiary/aromatic N) is 2. The maximum atomic E-state index is 10.9. The van der Waals surface area contributed by atoms with Gasteiger partial charge in [0.15, 0.2) is 5.13 Å². The van der Waals surface area contributed by atoms with Crippen molar-refractivity contribution in [2.45, 2.75) is 27.7 Å². The highest BCUT2D eigenvalue weighted by Gasteiger charge is 2.19. The molecular formula is C11H18N2O2S. The van der Waals surface area contributed by atoms with Crippen molar-refractivity contribution in [3.63, 3.8) is 0 Å². The molecule has 0 aliphatic rings. The van der Waals surface area contributed by atoms with E-state index >= 15 is 0 Å². The Morgan fingerprint density at radius 2 is 2.06 bits per heavy atom. The van der Waals surface area contributed by atoms with Crippen molar-refractivity contribution in [1.82, 2.24) is 4.98 Å². The van der Waals surface area contributed by atoms with E-state index in [2.05, 4.69) is 25.8 Å². The molecule has 0 saturated heterocycles. The molecule has 1 N–H and O–H groups in total. The monoisotopic (exact) mass is 242 g/mol. The first-order valence-electron chi connectivity index (χ1n) is 5.12. The molecule has 0 unspecified atom stereocenters. The third-order valence-corrected chi connectivity index (χ3v) is 3.28. The van der Waals surface area contributed by atoms with E-state index in [1.807, 2.05) is 11.9 Å².